The maximum Gasteiger partial charge on any atom is 0.313 e. The molecule has 3 rings (SSSR count). The van der Waals surface area contributed by atoms with Gasteiger partial charge in [0.1, 0.15) is 0 Å². The third kappa shape index (κ3) is 4.66. The number of benzene rings is 1. The van der Waals surface area contributed by atoms with Crippen molar-refractivity contribution >= 4 is 27.5 Å². The van der Waals surface area contributed by atoms with Gasteiger partial charge < -0.3 is 15.0 Å². The van der Waals surface area contributed by atoms with E-state index >= 15 is 0 Å². The normalized spacial score (nSPS) is 21.7. The zero-order chi connectivity index (χ0) is 19.4. The number of carbonyl (C=O) groups excluding carboxylic acids is 2. The molecule has 27 heavy (non-hydrogen) atoms. The van der Waals surface area contributed by atoms with Crippen LogP contribution in [-0.4, -0.2) is 68.8 Å². The van der Waals surface area contributed by atoms with Crippen molar-refractivity contribution in [2.45, 2.75) is 24.7 Å². The molecule has 2 fully saturated rings. The van der Waals surface area contributed by atoms with Crippen LogP contribution in [0.15, 0.2) is 29.2 Å². The molecule has 1 atom stereocenters. The number of piperidine rings is 1. The molecule has 1 N–H and O–H groups in total. The minimum Gasteiger partial charge on any atom is -0.378 e. The van der Waals surface area contributed by atoms with Crippen molar-refractivity contribution in [3.63, 3.8) is 0 Å². The van der Waals surface area contributed by atoms with Crippen LogP contribution in [0.5, 0.6) is 0 Å². The highest BCUT2D eigenvalue weighted by Gasteiger charge is 2.29. The third-order valence-electron chi connectivity index (χ3n) is 4.86. The Morgan fingerprint density at radius 2 is 1.78 bits per heavy atom. The SMILES string of the molecule is C[C@@H]1CCCN(S(=O)(=O)c2ccc(NC(=O)C(=O)N3CCOCC3)cc2)C1. The fourth-order valence-corrected chi connectivity index (χ4v) is 4.92. The van der Waals surface area contributed by atoms with E-state index < -0.39 is 21.8 Å². The second-order valence-electron chi connectivity index (χ2n) is 6.99. The number of anilines is 1. The Morgan fingerprint density at radius 1 is 1.11 bits per heavy atom. The molecular weight excluding hydrogens is 370 g/mol. The summed E-state index contributed by atoms with van der Waals surface area (Å²) in [6.45, 7) is 4.71. The molecule has 0 aliphatic carbocycles. The largest absolute Gasteiger partial charge is 0.378 e. The first-order chi connectivity index (χ1) is 12.9. The number of nitrogens with zero attached hydrogens (tertiary/aromatic N) is 2. The molecule has 148 valence electrons. The topological polar surface area (TPSA) is 96.0 Å². The summed E-state index contributed by atoms with van der Waals surface area (Å²) in [5.74, 6) is -1.01. The lowest BCUT2D eigenvalue weighted by Crippen LogP contribution is -2.45. The molecule has 0 unspecified atom stereocenters. The first-order valence-corrected chi connectivity index (χ1v) is 10.6. The number of hydrogen-bond donors (Lipinski definition) is 1. The van der Waals surface area contributed by atoms with E-state index in [0.717, 1.165) is 12.8 Å². The number of rotatable bonds is 3. The van der Waals surface area contributed by atoms with Gasteiger partial charge in [-0.3, -0.25) is 9.59 Å². The second kappa shape index (κ2) is 8.37. The van der Waals surface area contributed by atoms with Gasteiger partial charge in [-0.05, 0) is 43.0 Å². The maximum atomic E-state index is 12.7. The van der Waals surface area contributed by atoms with Crippen LogP contribution < -0.4 is 5.32 Å². The number of carbonyl (C=O) groups is 2. The number of ether oxygens (including phenoxy) is 1. The van der Waals surface area contributed by atoms with E-state index in [0.29, 0.717) is 51.0 Å². The fraction of sp³-hybridized carbons (Fsp3) is 0.556. The van der Waals surface area contributed by atoms with Gasteiger partial charge in [0.05, 0.1) is 18.1 Å². The van der Waals surface area contributed by atoms with Gasteiger partial charge in [-0.15, -0.1) is 0 Å². The molecule has 2 saturated heterocycles. The lowest BCUT2D eigenvalue weighted by atomic mass is 10.0. The third-order valence-corrected chi connectivity index (χ3v) is 6.74. The molecule has 9 heteroatoms. The van der Waals surface area contributed by atoms with Crippen molar-refractivity contribution in [1.82, 2.24) is 9.21 Å². The fourth-order valence-electron chi connectivity index (χ4n) is 3.32. The van der Waals surface area contributed by atoms with E-state index in [2.05, 4.69) is 5.32 Å². The van der Waals surface area contributed by atoms with Crippen LogP contribution in [0.3, 0.4) is 0 Å². The van der Waals surface area contributed by atoms with Crippen LogP contribution in [0.2, 0.25) is 0 Å². The first kappa shape index (κ1) is 19.8. The smallest absolute Gasteiger partial charge is 0.313 e. The Kier molecular flexibility index (Phi) is 6.13. The number of sulfonamides is 1. The van der Waals surface area contributed by atoms with E-state index in [9.17, 15) is 18.0 Å². The molecule has 2 aliphatic heterocycles. The number of nitrogens with one attached hydrogen (secondary N) is 1. The molecule has 0 saturated carbocycles. The summed E-state index contributed by atoms with van der Waals surface area (Å²) in [4.78, 5) is 25.9. The minimum absolute atomic E-state index is 0.189. The molecule has 1 aromatic carbocycles. The Labute approximate surface area is 159 Å². The summed E-state index contributed by atoms with van der Waals surface area (Å²) in [6, 6.07) is 5.93. The van der Waals surface area contributed by atoms with Crippen molar-refractivity contribution in [1.29, 1.82) is 0 Å². The molecule has 0 spiro atoms. The Bertz CT molecular complexity index is 788. The Hall–Kier alpha value is -1.97. The molecule has 0 radical (unpaired) electrons. The van der Waals surface area contributed by atoms with Gasteiger partial charge >= 0.3 is 11.8 Å². The highest BCUT2D eigenvalue weighted by atomic mass is 32.2. The monoisotopic (exact) mass is 395 g/mol. The van der Waals surface area contributed by atoms with Crippen LogP contribution in [0, 0.1) is 5.92 Å². The van der Waals surface area contributed by atoms with E-state index in [-0.39, 0.29) is 4.90 Å². The summed E-state index contributed by atoms with van der Waals surface area (Å²) in [7, 11) is -3.54. The zero-order valence-electron chi connectivity index (χ0n) is 15.4. The van der Waals surface area contributed by atoms with Gasteiger partial charge in [0.2, 0.25) is 10.0 Å². The van der Waals surface area contributed by atoms with Crippen molar-refractivity contribution in [3.8, 4) is 0 Å². The van der Waals surface area contributed by atoms with Gasteiger partial charge in [-0.25, -0.2) is 8.42 Å². The summed E-state index contributed by atoms with van der Waals surface area (Å²) < 4.78 is 32.2. The molecule has 2 amide bonds. The molecule has 0 bridgehead atoms. The van der Waals surface area contributed by atoms with Crippen LogP contribution in [0.25, 0.3) is 0 Å². The van der Waals surface area contributed by atoms with Gasteiger partial charge in [0.15, 0.2) is 0 Å². The Balaban J connectivity index is 1.64. The predicted octanol–water partition coefficient (Wildman–Crippen LogP) is 0.905. The van der Waals surface area contributed by atoms with Gasteiger partial charge in [0, 0.05) is 31.9 Å². The predicted molar refractivity (Wildman–Crippen MR) is 99.6 cm³/mol. The van der Waals surface area contributed by atoms with E-state index in [1.54, 1.807) is 0 Å². The summed E-state index contributed by atoms with van der Waals surface area (Å²) in [5, 5.41) is 2.52. The van der Waals surface area contributed by atoms with Gasteiger partial charge in [-0.2, -0.15) is 4.31 Å². The zero-order valence-corrected chi connectivity index (χ0v) is 16.2. The quantitative estimate of drug-likeness (QED) is 0.768. The molecule has 2 heterocycles. The average molecular weight is 395 g/mol. The molecule has 1 aromatic rings. The highest BCUT2D eigenvalue weighted by molar-refractivity contribution is 7.89. The molecule has 2 aliphatic rings. The van der Waals surface area contributed by atoms with E-state index in [4.69, 9.17) is 4.74 Å². The minimum atomic E-state index is -3.54. The van der Waals surface area contributed by atoms with E-state index in [1.807, 2.05) is 6.92 Å². The highest BCUT2D eigenvalue weighted by Crippen LogP contribution is 2.24. The van der Waals surface area contributed by atoms with Gasteiger partial charge in [0.25, 0.3) is 0 Å². The first-order valence-electron chi connectivity index (χ1n) is 9.16. The molecule has 8 nitrogen and oxygen atoms in total. The standard InChI is InChI=1S/C18H25N3O5S/c1-14-3-2-8-21(13-14)27(24,25)16-6-4-15(5-7-16)19-17(22)18(23)20-9-11-26-12-10-20/h4-7,14H,2-3,8-13H2,1H3,(H,19,22)/t14-/m1/s1. The molecular formula is C18H25N3O5S. The van der Waals surface area contributed by atoms with E-state index in [1.165, 1.54) is 33.5 Å². The van der Waals surface area contributed by atoms with Crippen molar-refractivity contribution in [2.24, 2.45) is 5.92 Å². The summed E-state index contributed by atoms with van der Waals surface area (Å²) in [6.07, 6.45) is 1.90. The summed E-state index contributed by atoms with van der Waals surface area (Å²) >= 11 is 0. The van der Waals surface area contributed by atoms with Crippen molar-refractivity contribution in [3.05, 3.63) is 24.3 Å². The number of morpholine rings is 1. The molecule has 0 aromatic heterocycles. The van der Waals surface area contributed by atoms with Crippen LogP contribution in [-0.2, 0) is 24.3 Å². The number of amides is 2. The van der Waals surface area contributed by atoms with Crippen LogP contribution in [0.4, 0.5) is 5.69 Å². The second-order valence-corrected chi connectivity index (χ2v) is 8.93. The summed E-state index contributed by atoms with van der Waals surface area (Å²) in [5.41, 5.74) is 0.382. The van der Waals surface area contributed by atoms with Crippen LogP contribution >= 0.6 is 0 Å². The van der Waals surface area contributed by atoms with Gasteiger partial charge in [-0.1, -0.05) is 6.92 Å². The number of hydrogen-bond acceptors (Lipinski definition) is 5. The lowest BCUT2D eigenvalue weighted by Gasteiger charge is -2.30. The Morgan fingerprint density at radius 3 is 2.41 bits per heavy atom. The lowest BCUT2D eigenvalue weighted by molar-refractivity contribution is -0.145. The van der Waals surface area contributed by atoms with Crippen LogP contribution in [0.1, 0.15) is 19.8 Å². The average Bonchev–Trinajstić information content (AvgIpc) is 2.68. The van der Waals surface area contributed by atoms with Crippen molar-refractivity contribution < 1.29 is 22.7 Å². The maximum absolute atomic E-state index is 12.7. The van der Waals surface area contributed by atoms with Crippen molar-refractivity contribution in [2.75, 3.05) is 44.7 Å².